The largest absolute Gasteiger partial charge is 0.338 e. The van der Waals surface area contributed by atoms with Crippen LogP contribution >= 0.6 is 11.3 Å². The summed E-state index contributed by atoms with van der Waals surface area (Å²) in [7, 11) is 0. The van der Waals surface area contributed by atoms with E-state index in [4.69, 9.17) is 0 Å². The number of hydrogen-bond donors (Lipinski definition) is 0. The molecule has 0 N–H and O–H groups in total. The Hall–Kier alpha value is -2.21. The maximum absolute atomic E-state index is 13.2. The zero-order valence-electron chi connectivity index (χ0n) is 14.7. The molecular formula is C20H22N4OS. The summed E-state index contributed by atoms with van der Waals surface area (Å²) < 4.78 is 2.06. The van der Waals surface area contributed by atoms with Crippen molar-refractivity contribution in [1.82, 2.24) is 19.5 Å². The van der Waals surface area contributed by atoms with E-state index < -0.39 is 0 Å². The molecule has 6 heteroatoms. The molecule has 2 aliphatic rings. The summed E-state index contributed by atoms with van der Waals surface area (Å²) in [6, 6.07) is 5.95. The molecule has 1 amide bonds. The first-order chi connectivity index (χ1) is 12.8. The quantitative estimate of drug-likeness (QED) is 0.695. The Morgan fingerprint density at radius 2 is 2.08 bits per heavy atom. The third-order valence-electron chi connectivity index (χ3n) is 5.71. The first-order valence-electron chi connectivity index (χ1n) is 9.49. The highest BCUT2D eigenvalue weighted by atomic mass is 32.1. The van der Waals surface area contributed by atoms with Gasteiger partial charge in [-0.25, -0.2) is 0 Å². The Kier molecular flexibility index (Phi) is 4.00. The molecule has 1 aliphatic heterocycles. The lowest BCUT2D eigenvalue weighted by molar-refractivity contribution is 0.0703. The predicted octanol–water partition coefficient (Wildman–Crippen LogP) is 3.69. The molecule has 3 aromatic rings. The zero-order valence-corrected chi connectivity index (χ0v) is 15.5. The van der Waals surface area contributed by atoms with Crippen molar-refractivity contribution in [2.45, 2.75) is 44.4 Å². The number of hydrogen-bond acceptors (Lipinski definition) is 4. The summed E-state index contributed by atoms with van der Waals surface area (Å²) in [4.78, 5) is 16.7. The van der Waals surface area contributed by atoms with Crippen molar-refractivity contribution < 1.29 is 4.79 Å². The molecule has 4 heterocycles. The summed E-state index contributed by atoms with van der Waals surface area (Å²) >= 11 is 1.77. The fraction of sp³-hybridized carbons (Fsp3) is 0.450. The highest BCUT2D eigenvalue weighted by Gasteiger charge is 2.30. The van der Waals surface area contributed by atoms with E-state index in [1.54, 1.807) is 11.3 Å². The van der Waals surface area contributed by atoms with Crippen molar-refractivity contribution in [3.05, 3.63) is 51.6 Å². The van der Waals surface area contributed by atoms with E-state index >= 15 is 0 Å². The molecule has 0 radical (unpaired) electrons. The van der Waals surface area contributed by atoms with Crippen LogP contribution in [0.1, 0.15) is 58.2 Å². The van der Waals surface area contributed by atoms with Gasteiger partial charge in [-0.05, 0) is 56.2 Å². The summed E-state index contributed by atoms with van der Waals surface area (Å²) in [5.41, 5.74) is 3.15. The maximum Gasteiger partial charge on any atom is 0.255 e. The number of fused-ring (bicyclic) bond motifs is 2. The molecule has 1 aliphatic carbocycles. The molecule has 1 saturated heterocycles. The van der Waals surface area contributed by atoms with Crippen LogP contribution in [0.15, 0.2) is 29.8 Å². The molecule has 0 aromatic carbocycles. The summed E-state index contributed by atoms with van der Waals surface area (Å²) in [6.45, 7) is 1.58. The van der Waals surface area contributed by atoms with Crippen molar-refractivity contribution >= 4 is 22.9 Å². The van der Waals surface area contributed by atoms with Crippen molar-refractivity contribution in [2.24, 2.45) is 0 Å². The van der Waals surface area contributed by atoms with E-state index in [2.05, 4.69) is 20.0 Å². The smallest absolute Gasteiger partial charge is 0.255 e. The Bertz CT molecular complexity index is 960. The van der Waals surface area contributed by atoms with Gasteiger partial charge in [0.1, 0.15) is 5.82 Å². The molecule has 1 unspecified atom stereocenters. The van der Waals surface area contributed by atoms with Gasteiger partial charge in [0.25, 0.3) is 5.91 Å². The Balaban J connectivity index is 1.40. The minimum Gasteiger partial charge on any atom is -0.338 e. The molecule has 1 atom stereocenters. The standard InChI is InChI=1S/C20H22N4OS/c25-20(16-13-26-17-8-2-1-7-15(16)17)23-10-5-6-14(12-23)19-22-21-18-9-3-4-11-24(18)19/h3-4,9,11,13-14H,1-2,5-8,10,12H2. The van der Waals surface area contributed by atoms with Crippen molar-refractivity contribution in [2.75, 3.05) is 13.1 Å². The van der Waals surface area contributed by atoms with E-state index in [-0.39, 0.29) is 11.8 Å². The lowest BCUT2D eigenvalue weighted by Gasteiger charge is -2.32. The second-order valence-electron chi connectivity index (χ2n) is 7.34. The number of aromatic nitrogens is 3. The number of rotatable bonds is 2. The van der Waals surface area contributed by atoms with Crippen LogP contribution in [-0.2, 0) is 12.8 Å². The number of carbonyl (C=O) groups excluding carboxylic acids is 1. The second-order valence-corrected chi connectivity index (χ2v) is 8.30. The molecule has 0 bridgehead atoms. The van der Waals surface area contributed by atoms with Crippen LogP contribution in [0.4, 0.5) is 0 Å². The summed E-state index contributed by atoms with van der Waals surface area (Å²) in [5, 5.41) is 10.8. The van der Waals surface area contributed by atoms with Gasteiger partial charge >= 0.3 is 0 Å². The zero-order chi connectivity index (χ0) is 17.5. The highest BCUT2D eigenvalue weighted by Crippen LogP contribution is 2.33. The number of pyridine rings is 1. The van der Waals surface area contributed by atoms with Crippen molar-refractivity contribution in [1.29, 1.82) is 0 Å². The first-order valence-corrected chi connectivity index (χ1v) is 10.4. The average Bonchev–Trinajstić information content (AvgIpc) is 3.32. The van der Waals surface area contributed by atoms with Gasteiger partial charge in [0, 0.05) is 35.5 Å². The minimum absolute atomic E-state index is 0.211. The summed E-state index contributed by atoms with van der Waals surface area (Å²) in [6.07, 6.45) is 8.76. The van der Waals surface area contributed by atoms with Gasteiger partial charge in [-0.1, -0.05) is 6.07 Å². The third kappa shape index (κ3) is 2.63. The van der Waals surface area contributed by atoms with Gasteiger partial charge in [-0.2, -0.15) is 0 Å². The van der Waals surface area contributed by atoms with E-state index in [1.165, 1.54) is 23.3 Å². The third-order valence-corrected chi connectivity index (χ3v) is 6.79. The summed E-state index contributed by atoms with van der Waals surface area (Å²) in [5.74, 6) is 1.44. The van der Waals surface area contributed by atoms with Gasteiger partial charge in [0.2, 0.25) is 0 Å². The van der Waals surface area contributed by atoms with Gasteiger partial charge in [0.15, 0.2) is 5.65 Å². The molecule has 134 valence electrons. The number of thiophene rings is 1. The van der Waals surface area contributed by atoms with Crippen LogP contribution in [0.5, 0.6) is 0 Å². The number of amides is 1. The molecule has 1 fully saturated rings. The van der Waals surface area contributed by atoms with Gasteiger partial charge in [-0.3, -0.25) is 9.20 Å². The van der Waals surface area contributed by atoms with E-state index in [9.17, 15) is 4.79 Å². The molecule has 5 rings (SSSR count). The van der Waals surface area contributed by atoms with Gasteiger partial charge in [0.05, 0.1) is 5.56 Å². The van der Waals surface area contributed by atoms with Crippen LogP contribution in [0.2, 0.25) is 0 Å². The molecule has 0 saturated carbocycles. The SMILES string of the molecule is O=C(c1csc2c1CCCC2)N1CCCC(c2nnc3ccccn23)C1. The Labute approximate surface area is 156 Å². The Morgan fingerprint density at radius 3 is 3.04 bits per heavy atom. The van der Waals surface area contributed by atoms with Crippen molar-refractivity contribution in [3.8, 4) is 0 Å². The van der Waals surface area contributed by atoms with Crippen LogP contribution in [0.3, 0.4) is 0 Å². The van der Waals surface area contributed by atoms with Crippen LogP contribution in [0, 0.1) is 0 Å². The highest BCUT2D eigenvalue weighted by molar-refractivity contribution is 7.10. The number of piperidine rings is 1. The number of aryl methyl sites for hydroxylation is 1. The van der Waals surface area contributed by atoms with Crippen LogP contribution < -0.4 is 0 Å². The van der Waals surface area contributed by atoms with Gasteiger partial charge in [-0.15, -0.1) is 21.5 Å². The van der Waals surface area contributed by atoms with Crippen LogP contribution in [-0.4, -0.2) is 38.5 Å². The molecule has 26 heavy (non-hydrogen) atoms. The minimum atomic E-state index is 0.211. The monoisotopic (exact) mass is 366 g/mol. The first kappa shape index (κ1) is 16.0. The fourth-order valence-corrected chi connectivity index (χ4v) is 5.47. The lowest BCUT2D eigenvalue weighted by Crippen LogP contribution is -2.39. The lowest BCUT2D eigenvalue weighted by atomic mass is 9.93. The number of nitrogens with zero attached hydrogens (tertiary/aromatic N) is 4. The molecule has 0 spiro atoms. The number of likely N-dealkylation sites (tertiary alicyclic amines) is 1. The van der Waals surface area contributed by atoms with E-state index in [0.29, 0.717) is 0 Å². The van der Waals surface area contributed by atoms with Crippen molar-refractivity contribution in [3.63, 3.8) is 0 Å². The number of carbonyl (C=O) groups is 1. The average molecular weight is 366 g/mol. The molecule has 5 nitrogen and oxygen atoms in total. The maximum atomic E-state index is 13.2. The molecular weight excluding hydrogens is 344 g/mol. The molecule has 3 aromatic heterocycles. The second kappa shape index (κ2) is 6.50. The van der Waals surface area contributed by atoms with E-state index in [0.717, 1.165) is 55.8 Å². The fourth-order valence-electron chi connectivity index (χ4n) is 4.35. The Morgan fingerprint density at radius 1 is 1.15 bits per heavy atom. The van der Waals surface area contributed by atoms with Crippen LogP contribution in [0.25, 0.3) is 5.65 Å². The predicted molar refractivity (Wildman–Crippen MR) is 102 cm³/mol. The normalized spacial score (nSPS) is 20.3. The van der Waals surface area contributed by atoms with E-state index in [1.807, 2.05) is 29.3 Å². The topological polar surface area (TPSA) is 50.5 Å². The van der Waals surface area contributed by atoms with Gasteiger partial charge < -0.3 is 4.90 Å².